The maximum atomic E-state index is 12.1. The zero-order valence-electron chi connectivity index (χ0n) is 16.6. The van der Waals surface area contributed by atoms with Gasteiger partial charge in [0.05, 0.1) is 24.7 Å². The molecule has 0 aromatic carbocycles. The summed E-state index contributed by atoms with van der Waals surface area (Å²) < 4.78 is 1.85. The van der Waals surface area contributed by atoms with Gasteiger partial charge < -0.3 is 10.2 Å². The largest absolute Gasteiger partial charge is 0.356 e. The smallest absolute Gasteiger partial charge is 0.222 e. The summed E-state index contributed by atoms with van der Waals surface area (Å²) in [4.78, 5) is 26.0. The molecule has 0 radical (unpaired) electrons. The molecule has 0 spiro atoms. The van der Waals surface area contributed by atoms with Crippen LogP contribution in [0.1, 0.15) is 61.9 Å². The van der Waals surface area contributed by atoms with Crippen molar-refractivity contribution in [1.82, 2.24) is 20.0 Å². The molecule has 1 saturated heterocycles. The Morgan fingerprint density at radius 3 is 2.85 bits per heavy atom. The van der Waals surface area contributed by atoms with Gasteiger partial charge in [0.2, 0.25) is 11.8 Å². The van der Waals surface area contributed by atoms with Crippen molar-refractivity contribution in [3.8, 4) is 6.07 Å². The molecule has 7 heteroatoms. The van der Waals surface area contributed by atoms with E-state index in [1.54, 1.807) is 0 Å². The average Bonchev–Trinajstić information content (AvgIpc) is 2.79. The molecule has 7 nitrogen and oxygen atoms in total. The van der Waals surface area contributed by atoms with Crippen LogP contribution in [0.5, 0.6) is 0 Å². The van der Waals surface area contributed by atoms with Crippen LogP contribution in [-0.2, 0) is 22.6 Å². The Kier molecular flexibility index (Phi) is 8.31. The van der Waals surface area contributed by atoms with Crippen LogP contribution in [0.25, 0.3) is 0 Å². The van der Waals surface area contributed by atoms with Crippen LogP contribution >= 0.6 is 0 Å². The van der Waals surface area contributed by atoms with E-state index in [0.717, 1.165) is 55.7 Å². The first-order valence-electron chi connectivity index (χ1n) is 9.97. The number of carbonyl (C=O) groups excluding carboxylic acids is 2. The van der Waals surface area contributed by atoms with Crippen LogP contribution in [0.2, 0.25) is 0 Å². The van der Waals surface area contributed by atoms with E-state index in [0.29, 0.717) is 38.8 Å². The molecule has 0 bridgehead atoms. The molecule has 148 valence electrons. The minimum Gasteiger partial charge on any atom is -0.356 e. The zero-order chi connectivity index (χ0) is 19.6. The number of nitrogens with one attached hydrogen (secondary N) is 1. The molecule has 1 aliphatic heterocycles. The van der Waals surface area contributed by atoms with Crippen LogP contribution in [0, 0.1) is 25.2 Å². The molecule has 1 aromatic rings. The lowest BCUT2D eigenvalue weighted by atomic mass is 10.1. The van der Waals surface area contributed by atoms with Crippen molar-refractivity contribution in [2.24, 2.45) is 0 Å². The number of hydrogen-bond acceptors (Lipinski definition) is 4. The molecular formula is C20H31N5O2. The molecule has 2 amide bonds. The second kappa shape index (κ2) is 10.7. The Morgan fingerprint density at radius 1 is 1.26 bits per heavy atom. The fraction of sp³-hybridized carbons (Fsp3) is 0.700. The van der Waals surface area contributed by atoms with Crippen LogP contribution in [0.15, 0.2) is 0 Å². The maximum Gasteiger partial charge on any atom is 0.222 e. The van der Waals surface area contributed by atoms with E-state index >= 15 is 0 Å². The number of likely N-dealkylation sites (tertiary alicyclic amines) is 1. The second-order valence-corrected chi connectivity index (χ2v) is 7.18. The van der Waals surface area contributed by atoms with Gasteiger partial charge in [0.15, 0.2) is 0 Å². The average molecular weight is 374 g/mol. The minimum atomic E-state index is 0.0285. The van der Waals surface area contributed by atoms with Gasteiger partial charge in [0.25, 0.3) is 0 Å². The van der Waals surface area contributed by atoms with Crippen molar-refractivity contribution < 1.29 is 9.59 Å². The molecule has 1 aliphatic rings. The topological polar surface area (TPSA) is 91.0 Å². The third-order valence-corrected chi connectivity index (χ3v) is 5.17. The molecule has 0 unspecified atom stereocenters. The number of aromatic nitrogens is 2. The maximum absolute atomic E-state index is 12.1. The number of hydrogen-bond donors (Lipinski definition) is 1. The van der Waals surface area contributed by atoms with Crippen molar-refractivity contribution in [1.29, 1.82) is 5.26 Å². The van der Waals surface area contributed by atoms with Crippen molar-refractivity contribution in [3.05, 3.63) is 17.0 Å². The first kappa shape index (κ1) is 20.9. The van der Waals surface area contributed by atoms with Crippen LogP contribution < -0.4 is 5.32 Å². The van der Waals surface area contributed by atoms with E-state index in [2.05, 4.69) is 16.5 Å². The summed E-state index contributed by atoms with van der Waals surface area (Å²) in [6, 6.07) is 2.13. The predicted octanol–water partition coefficient (Wildman–Crippen LogP) is 2.26. The number of rotatable bonds is 9. The van der Waals surface area contributed by atoms with E-state index in [1.165, 1.54) is 0 Å². The van der Waals surface area contributed by atoms with Crippen LogP contribution in [0.4, 0.5) is 0 Å². The minimum absolute atomic E-state index is 0.0285. The Hall–Kier alpha value is -2.36. The third-order valence-electron chi connectivity index (χ3n) is 5.17. The molecule has 1 fully saturated rings. The van der Waals surface area contributed by atoms with Gasteiger partial charge in [-0.1, -0.05) is 6.42 Å². The highest BCUT2D eigenvalue weighted by Crippen LogP contribution is 2.15. The summed E-state index contributed by atoms with van der Waals surface area (Å²) in [5.74, 6) is 0.277. The molecule has 2 heterocycles. The lowest BCUT2D eigenvalue weighted by Gasteiger charge is -2.20. The lowest BCUT2D eigenvalue weighted by molar-refractivity contribution is -0.130. The molecule has 0 aliphatic carbocycles. The fourth-order valence-electron chi connectivity index (χ4n) is 3.57. The van der Waals surface area contributed by atoms with E-state index in [1.807, 2.05) is 23.4 Å². The Morgan fingerprint density at radius 2 is 2.07 bits per heavy atom. The van der Waals surface area contributed by atoms with Gasteiger partial charge in [0.1, 0.15) is 0 Å². The second-order valence-electron chi connectivity index (χ2n) is 7.18. The Bertz CT molecular complexity index is 689. The lowest BCUT2D eigenvalue weighted by Crippen LogP contribution is -2.34. The standard InChI is InChI=1S/C20H31N5O2/c1-16-18(17(2)25(23-16)15-6-11-21)9-10-19(26)22-12-7-14-24-13-5-3-4-8-20(24)27/h3-10,12-15H2,1-2H3,(H,22,26). The molecule has 0 saturated carbocycles. The van der Waals surface area contributed by atoms with Gasteiger partial charge in [-0.25, -0.2) is 0 Å². The Labute approximate surface area is 161 Å². The molecule has 1 aromatic heterocycles. The van der Waals surface area contributed by atoms with E-state index in [4.69, 9.17) is 5.26 Å². The van der Waals surface area contributed by atoms with Crippen molar-refractivity contribution in [3.63, 3.8) is 0 Å². The number of nitriles is 1. The first-order chi connectivity index (χ1) is 13.0. The molecule has 2 rings (SSSR count). The monoisotopic (exact) mass is 373 g/mol. The predicted molar refractivity (Wildman–Crippen MR) is 103 cm³/mol. The van der Waals surface area contributed by atoms with Crippen molar-refractivity contribution in [2.75, 3.05) is 19.6 Å². The van der Waals surface area contributed by atoms with Crippen molar-refractivity contribution in [2.45, 2.75) is 71.8 Å². The van der Waals surface area contributed by atoms with E-state index in [9.17, 15) is 9.59 Å². The van der Waals surface area contributed by atoms with E-state index in [-0.39, 0.29) is 11.8 Å². The van der Waals surface area contributed by atoms with Gasteiger partial charge >= 0.3 is 0 Å². The number of aryl methyl sites for hydroxylation is 2. The van der Waals surface area contributed by atoms with Gasteiger partial charge in [-0.3, -0.25) is 14.3 Å². The normalized spacial score (nSPS) is 14.7. The molecule has 0 atom stereocenters. The number of amides is 2. The van der Waals surface area contributed by atoms with Gasteiger partial charge in [-0.05, 0) is 45.1 Å². The summed E-state index contributed by atoms with van der Waals surface area (Å²) in [7, 11) is 0. The van der Waals surface area contributed by atoms with E-state index < -0.39 is 0 Å². The first-order valence-corrected chi connectivity index (χ1v) is 9.97. The Balaban J connectivity index is 1.70. The highest BCUT2D eigenvalue weighted by Gasteiger charge is 2.16. The molecule has 27 heavy (non-hydrogen) atoms. The molecular weight excluding hydrogens is 342 g/mol. The summed E-state index contributed by atoms with van der Waals surface area (Å²) in [6.07, 6.45) is 6.17. The van der Waals surface area contributed by atoms with Gasteiger partial charge in [-0.15, -0.1) is 0 Å². The van der Waals surface area contributed by atoms with Crippen molar-refractivity contribution >= 4 is 11.8 Å². The summed E-state index contributed by atoms with van der Waals surface area (Å²) in [5, 5.41) is 16.1. The third kappa shape index (κ3) is 6.38. The zero-order valence-corrected chi connectivity index (χ0v) is 16.6. The summed E-state index contributed by atoms with van der Waals surface area (Å²) in [6.45, 7) is 6.70. The molecule has 1 N–H and O–H groups in total. The van der Waals surface area contributed by atoms with Crippen LogP contribution in [-0.4, -0.2) is 46.1 Å². The van der Waals surface area contributed by atoms with Gasteiger partial charge in [-0.2, -0.15) is 10.4 Å². The SMILES string of the molecule is Cc1nn(CCC#N)c(C)c1CCC(=O)NCCCN1CCCCCC1=O. The fourth-order valence-corrected chi connectivity index (χ4v) is 3.57. The quantitative estimate of drug-likeness (QED) is 0.672. The van der Waals surface area contributed by atoms with Gasteiger partial charge in [0, 0.05) is 38.2 Å². The summed E-state index contributed by atoms with van der Waals surface area (Å²) >= 11 is 0. The highest BCUT2D eigenvalue weighted by molar-refractivity contribution is 5.77. The number of nitrogens with zero attached hydrogens (tertiary/aromatic N) is 4. The highest BCUT2D eigenvalue weighted by atomic mass is 16.2. The summed E-state index contributed by atoms with van der Waals surface area (Å²) in [5.41, 5.74) is 3.06. The van der Waals surface area contributed by atoms with Crippen LogP contribution in [0.3, 0.4) is 0 Å². The number of carbonyl (C=O) groups is 2.